The van der Waals surface area contributed by atoms with Crippen LogP contribution in [0, 0.1) is 6.92 Å². The molecule has 13 heteroatoms. The summed E-state index contributed by atoms with van der Waals surface area (Å²) < 4.78 is 16.8. The summed E-state index contributed by atoms with van der Waals surface area (Å²) in [5, 5.41) is 6.77. The molecule has 13 nitrogen and oxygen atoms in total. The van der Waals surface area contributed by atoms with Gasteiger partial charge >= 0.3 is 0 Å². The Bertz CT molecular complexity index is 1440. The number of carbonyl (C=O) groups is 1. The Balaban J connectivity index is 1.23. The number of rotatable bonds is 9. The van der Waals surface area contributed by atoms with Gasteiger partial charge in [-0.1, -0.05) is 0 Å². The number of nitrogens with zero attached hydrogens (tertiary/aromatic N) is 6. The molecule has 3 saturated heterocycles. The summed E-state index contributed by atoms with van der Waals surface area (Å²) in [7, 11) is 3.88. The second-order valence-corrected chi connectivity index (χ2v) is 11.8. The van der Waals surface area contributed by atoms with E-state index in [0.29, 0.717) is 48.0 Å². The molecule has 3 aliphatic rings. The number of hydrogen-bond acceptors (Lipinski definition) is 12. The zero-order chi connectivity index (χ0) is 30.6. The minimum absolute atomic E-state index is 0.00667. The van der Waals surface area contributed by atoms with Crippen molar-refractivity contribution in [3.8, 4) is 17.1 Å². The largest absolute Gasteiger partial charge is 0.495 e. The fourth-order valence-corrected chi connectivity index (χ4v) is 6.29. The van der Waals surface area contributed by atoms with Gasteiger partial charge in [-0.05, 0) is 44.9 Å². The van der Waals surface area contributed by atoms with Gasteiger partial charge in [0.05, 0.1) is 12.8 Å². The first-order valence-electron chi connectivity index (χ1n) is 15.5. The second-order valence-electron chi connectivity index (χ2n) is 11.8. The smallest absolute Gasteiger partial charge is 0.271 e. The van der Waals surface area contributed by atoms with E-state index in [4.69, 9.17) is 24.6 Å². The van der Waals surface area contributed by atoms with Crippen LogP contribution in [0.3, 0.4) is 0 Å². The van der Waals surface area contributed by atoms with E-state index >= 15 is 0 Å². The lowest BCUT2D eigenvalue weighted by atomic mass is 10.0. The fourth-order valence-electron chi connectivity index (χ4n) is 6.29. The van der Waals surface area contributed by atoms with Crippen molar-refractivity contribution < 1.29 is 18.7 Å². The molecule has 0 aliphatic carbocycles. The lowest BCUT2D eigenvalue weighted by molar-refractivity contribution is 0.0904. The summed E-state index contributed by atoms with van der Waals surface area (Å²) in [5.74, 6) is 1.27. The van der Waals surface area contributed by atoms with Crippen molar-refractivity contribution >= 4 is 28.9 Å². The third-order valence-electron chi connectivity index (χ3n) is 8.85. The van der Waals surface area contributed by atoms with Gasteiger partial charge in [-0.25, -0.2) is 15.0 Å². The number of carbonyl (C=O) groups excluding carboxylic acids is 1. The number of likely N-dealkylation sites (N-methyl/N-ethyl adjacent to an activating group) is 1. The highest BCUT2D eigenvalue weighted by Gasteiger charge is 2.28. The van der Waals surface area contributed by atoms with Gasteiger partial charge in [0.15, 0.2) is 23.2 Å². The Morgan fingerprint density at radius 2 is 1.75 bits per heavy atom. The molecule has 1 aromatic carbocycles. The molecular weight excluding hydrogens is 562 g/mol. The first-order chi connectivity index (χ1) is 21.4. The average Bonchev–Trinajstić information content (AvgIpc) is 3.48. The van der Waals surface area contributed by atoms with Crippen molar-refractivity contribution in [2.24, 2.45) is 5.73 Å². The minimum Gasteiger partial charge on any atom is -0.495 e. The number of amides is 1. The van der Waals surface area contributed by atoms with Crippen molar-refractivity contribution in [3.63, 3.8) is 0 Å². The van der Waals surface area contributed by atoms with Crippen molar-refractivity contribution in [2.45, 2.75) is 44.7 Å². The van der Waals surface area contributed by atoms with Crippen LogP contribution in [0.15, 0.2) is 28.9 Å². The van der Waals surface area contributed by atoms with Gasteiger partial charge in [0.1, 0.15) is 23.4 Å². The molecule has 6 rings (SSSR count). The zero-order valence-electron chi connectivity index (χ0n) is 25.8. The number of piperidine rings is 1. The van der Waals surface area contributed by atoms with Crippen LogP contribution in [0.1, 0.15) is 42.1 Å². The average molecular weight is 606 g/mol. The van der Waals surface area contributed by atoms with Crippen LogP contribution in [0.5, 0.6) is 5.75 Å². The second kappa shape index (κ2) is 13.4. The summed E-state index contributed by atoms with van der Waals surface area (Å²) >= 11 is 0. The van der Waals surface area contributed by atoms with E-state index in [0.717, 1.165) is 76.4 Å². The van der Waals surface area contributed by atoms with E-state index in [1.165, 1.54) is 6.26 Å². The molecule has 2 aromatic heterocycles. The number of nitrogens with two attached hydrogens (primary N) is 1. The van der Waals surface area contributed by atoms with Crippen molar-refractivity contribution in [1.82, 2.24) is 24.8 Å². The Labute approximate surface area is 258 Å². The van der Waals surface area contributed by atoms with E-state index in [9.17, 15) is 4.79 Å². The third-order valence-corrected chi connectivity index (χ3v) is 8.85. The van der Waals surface area contributed by atoms with Crippen molar-refractivity contribution in [1.29, 1.82) is 0 Å². The third kappa shape index (κ3) is 6.74. The number of oxazole rings is 1. The molecule has 0 radical (unpaired) electrons. The summed E-state index contributed by atoms with van der Waals surface area (Å²) in [4.78, 5) is 33.9. The first-order valence-corrected chi connectivity index (χ1v) is 15.5. The van der Waals surface area contributed by atoms with Gasteiger partial charge in [0.25, 0.3) is 5.91 Å². The van der Waals surface area contributed by atoms with Gasteiger partial charge in [-0.3, -0.25) is 9.69 Å². The van der Waals surface area contributed by atoms with Crippen LogP contribution in [0.2, 0.25) is 0 Å². The predicted molar refractivity (Wildman–Crippen MR) is 169 cm³/mol. The minimum atomic E-state index is -0.703. The quantitative estimate of drug-likeness (QED) is 0.329. The number of aryl methyl sites for hydroxylation is 1. The summed E-state index contributed by atoms with van der Waals surface area (Å²) in [6, 6.07) is 6.72. The molecule has 3 aliphatic heterocycles. The van der Waals surface area contributed by atoms with Crippen molar-refractivity contribution in [3.05, 3.63) is 36.0 Å². The number of anilines is 4. The Kier molecular flexibility index (Phi) is 9.14. The SMILES string of the molecule is COc1cc(Nc2nc(NC3CCOCC3)c(-c3coc(C)n3)nc2C(N)=O)ccc1N1CCC(N2CCN(C)CC2)CC1. The highest BCUT2D eigenvalue weighted by molar-refractivity contribution is 5.97. The predicted octanol–water partition coefficient (Wildman–Crippen LogP) is 3.10. The van der Waals surface area contributed by atoms with Crippen LogP contribution in [0.4, 0.5) is 23.0 Å². The van der Waals surface area contributed by atoms with E-state index in [-0.39, 0.29) is 17.6 Å². The van der Waals surface area contributed by atoms with Crippen LogP contribution >= 0.6 is 0 Å². The fraction of sp³-hybridized carbons (Fsp3) is 0.548. The highest BCUT2D eigenvalue weighted by Crippen LogP contribution is 2.36. The van der Waals surface area contributed by atoms with E-state index < -0.39 is 5.91 Å². The maximum Gasteiger partial charge on any atom is 0.271 e. The number of piperazine rings is 1. The Hall–Kier alpha value is -3.94. The number of hydrogen-bond donors (Lipinski definition) is 3. The Morgan fingerprint density at radius 3 is 2.41 bits per heavy atom. The van der Waals surface area contributed by atoms with Gasteiger partial charge in [-0.15, -0.1) is 0 Å². The number of primary amides is 1. The molecule has 3 aromatic rings. The molecule has 0 saturated carbocycles. The number of aromatic nitrogens is 3. The van der Waals surface area contributed by atoms with Crippen molar-refractivity contribution in [2.75, 3.05) is 82.2 Å². The molecule has 0 spiro atoms. The van der Waals surface area contributed by atoms with Crippen LogP contribution in [-0.2, 0) is 4.74 Å². The Morgan fingerprint density at radius 1 is 1.00 bits per heavy atom. The number of nitrogens with one attached hydrogen (secondary N) is 2. The van der Waals surface area contributed by atoms with Gasteiger partial charge in [0, 0.05) is 83.2 Å². The van der Waals surface area contributed by atoms with Crippen LogP contribution in [0.25, 0.3) is 11.4 Å². The summed E-state index contributed by atoms with van der Waals surface area (Å²) in [6.45, 7) is 9.59. The molecule has 0 atom stereocenters. The van der Waals surface area contributed by atoms with E-state index in [1.54, 1.807) is 14.0 Å². The lowest BCUT2D eigenvalue weighted by Crippen LogP contribution is -2.52. The highest BCUT2D eigenvalue weighted by atomic mass is 16.5. The molecule has 3 fully saturated rings. The molecule has 5 heterocycles. The molecular formula is C31H43N9O4. The van der Waals surface area contributed by atoms with E-state index in [2.05, 4.69) is 48.4 Å². The number of ether oxygens (including phenoxy) is 2. The normalized spacial score (nSPS) is 19.2. The van der Waals surface area contributed by atoms with Gasteiger partial charge in [-0.2, -0.15) is 0 Å². The number of benzene rings is 1. The van der Waals surface area contributed by atoms with Gasteiger partial charge in [0.2, 0.25) is 0 Å². The molecule has 236 valence electrons. The summed E-state index contributed by atoms with van der Waals surface area (Å²) in [6.07, 6.45) is 5.41. The van der Waals surface area contributed by atoms with Crippen LogP contribution in [-0.4, -0.2) is 109 Å². The molecule has 1 amide bonds. The number of methoxy groups -OCH3 is 1. The maximum absolute atomic E-state index is 12.6. The topological polar surface area (TPSA) is 147 Å². The monoisotopic (exact) mass is 605 g/mol. The zero-order valence-corrected chi connectivity index (χ0v) is 25.8. The first kappa shape index (κ1) is 30.1. The molecule has 44 heavy (non-hydrogen) atoms. The molecule has 4 N–H and O–H groups in total. The summed E-state index contributed by atoms with van der Waals surface area (Å²) in [5.41, 5.74) is 8.44. The van der Waals surface area contributed by atoms with Gasteiger partial charge < -0.3 is 40.1 Å². The molecule has 0 unspecified atom stereocenters. The van der Waals surface area contributed by atoms with Crippen LogP contribution < -0.4 is 26.0 Å². The lowest BCUT2D eigenvalue weighted by Gasteiger charge is -2.42. The van der Waals surface area contributed by atoms with E-state index in [1.807, 2.05) is 12.1 Å². The standard InChI is InChI=1S/C31H43N9O4/c1-20-33-24(19-44-20)27-30(34-21-8-16-43-17-9-21)37-31(28(36-27)29(32)41)35-22-4-5-25(26(18-22)42-3)40-10-6-23(7-11-40)39-14-12-38(2)13-15-39/h4-5,18-19,21,23H,6-17H2,1-3H3,(H2,32,41)(H2,34,35,37). The molecule has 0 bridgehead atoms. The maximum atomic E-state index is 12.6.